The topological polar surface area (TPSA) is 72.0 Å². The minimum Gasteiger partial charge on any atom is -0.453 e. The molecule has 104 valence electrons. The first-order valence-electron chi connectivity index (χ1n) is 5.93. The van der Waals surface area contributed by atoms with Crippen LogP contribution in [0.5, 0.6) is 0 Å². The van der Waals surface area contributed by atoms with E-state index in [9.17, 15) is 9.59 Å². The SMILES string of the molecule is COC(=O)NC(=O)[C@@H](C)[NH2+][C@@H](C)c1ccc(Cl)cc1. The van der Waals surface area contributed by atoms with E-state index >= 15 is 0 Å². The van der Waals surface area contributed by atoms with E-state index in [4.69, 9.17) is 11.6 Å². The van der Waals surface area contributed by atoms with Crippen molar-refractivity contribution in [3.8, 4) is 0 Å². The molecule has 0 unspecified atom stereocenters. The van der Waals surface area contributed by atoms with Crippen molar-refractivity contribution in [1.82, 2.24) is 5.32 Å². The van der Waals surface area contributed by atoms with Gasteiger partial charge in [0.2, 0.25) is 0 Å². The van der Waals surface area contributed by atoms with E-state index in [1.165, 1.54) is 7.11 Å². The number of nitrogens with two attached hydrogens (primary N) is 1. The summed E-state index contributed by atoms with van der Waals surface area (Å²) in [5.41, 5.74) is 1.06. The molecule has 0 aliphatic heterocycles. The summed E-state index contributed by atoms with van der Waals surface area (Å²) in [6.07, 6.45) is -0.746. The van der Waals surface area contributed by atoms with Crippen LogP contribution in [0.3, 0.4) is 0 Å². The fourth-order valence-corrected chi connectivity index (χ4v) is 1.79. The number of methoxy groups -OCH3 is 1. The van der Waals surface area contributed by atoms with Crippen molar-refractivity contribution in [1.29, 1.82) is 0 Å². The lowest BCUT2D eigenvalue weighted by molar-refractivity contribution is -0.710. The summed E-state index contributed by atoms with van der Waals surface area (Å²) >= 11 is 5.82. The Kier molecular flexibility index (Phi) is 5.79. The Balaban J connectivity index is 2.56. The van der Waals surface area contributed by atoms with Crippen LogP contribution in [-0.2, 0) is 9.53 Å². The summed E-state index contributed by atoms with van der Waals surface area (Å²) in [4.78, 5) is 22.6. The van der Waals surface area contributed by atoms with E-state index < -0.39 is 12.1 Å². The van der Waals surface area contributed by atoms with Crippen molar-refractivity contribution >= 4 is 23.6 Å². The fourth-order valence-electron chi connectivity index (χ4n) is 1.66. The van der Waals surface area contributed by atoms with Gasteiger partial charge in [0.1, 0.15) is 6.04 Å². The third-order valence-electron chi connectivity index (χ3n) is 2.80. The first-order chi connectivity index (χ1) is 8.93. The largest absolute Gasteiger partial charge is 0.453 e. The monoisotopic (exact) mass is 285 g/mol. The van der Waals surface area contributed by atoms with Crippen LogP contribution >= 0.6 is 11.6 Å². The van der Waals surface area contributed by atoms with Gasteiger partial charge in [0.15, 0.2) is 6.04 Å². The van der Waals surface area contributed by atoms with E-state index in [1.54, 1.807) is 19.1 Å². The summed E-state index contributed by atoms with van der Waals surface area (Å²) in [6, 6.07) is 7.12. The number of rotatable bonds is 4. The highest BCUT2D eigenvalue weighted by Crippen LogP contribution is 2.13. The third kappa shape index (κ3) is 4.89. The second kappa shape index (κ2) is 7.11. The number of nitrogens with one attached hydrogen (secondary N) is 1. The van der Waals surface area contributed by atoms with Gasteiger partial charge in [0.05, 0.1) is 7.11 Å². The van der Waals surface area contributed by atoms with E-state index in [1.807, 2.05) is 24.4 Å². The Labute approximate surface area is 117 Å². The van der Waals surface area contributed by atoms with Crippen molar-refractivity contribution in [2.24, 2.45) is 0 Å². The fraction of sp³-hybridized carbons (Fsp3) is 0.385. The zero-order valence-corrected chi connectivity index (χ0v) is 11.9. The van der Waals surface area contributed by atoms with Gasteiger partial charge in [0.25, 0.3) is 5.91 Å². The van der Waals surface area contributed by atoms with Crippen LogP contribution in [-0.4, -0.2) is 25.2 Å². The van der Waals surface area contributed by atoms with Crippen LogP contribution in [0.15, 0.2) is 24.3 Å². The Hall–Kier alpha value is -1.59. The Morgan fingerprint density at radius 2 is 1.84 bits per heavy atom. The number of alkyl carbamates (subject to hydrolysis) is 1. The Bertz CT molecular complexity index is 448. The normalized spacial score (nSPS) is 13.5. The minimum absolute atomic E-state index is 0.0793. The van der Waals surface area contributed by atoms with Gasteiger partial charge in [-0.15, -0.1) is 0 Å². The maximum atomic E-state index is 11.7. The molecule has 0 radical (unpaired) electrons. The molecule has 1 rings (SSSR count). The van der Waals surface area contributed by atoms with Crippen LogP contribution in [0, 0.1) is 0 Å². The van der Waals surface area contributed by atoms with Crippen molar-refractivity contribution < 1.29 is 19.6 Å². The second-order valence-corrected chi connectivity index (χ2v) is 4.74. The third-order valence-corrected chi connectivity index (χ3v) is 3.05. The smallest absolute Gasteiger partial charge is 0.413 e. The zero-order valence-electron chi connectivity index (χ0n) is 11.1. The molecular formula is C13H18ClN2O3+. The Morgan fingerprint density at radius 1 is 1.26 bits per heavy atom. The maximum absolute atomic E-state index is 11.7. The molecule has 2 atom stereocenters. The van der Waals surface area contributed by atoms with Gasteiger partial charge in [0, 0.05) is 10.6 Å². The molecule has 0 bridgehead atoms. The molecule has 3 N–H and O–H groups in total. The van der Waals surface area contributed by atoms with Crippen LogP contribution in [0.1, 0.15) is 25.5 Å². The molecule has 1 aromatic carbocycles. The molecular weight excluding hydrogens is 268 g/mol. The number of hydrogen-bond donors (Lipinski definition) is 2. The molecule has 1 aromatic rings. The lowest BCUT2D eigenvalue weighted by Crippen LogP contribution is -2.92. The number of carbonyl (C=O) groups is 2. The van der Waals surface area contributed by atoms with Crippen molar-refractivity contribution in [2.45, 2.75) is 25.9 Å². The highest BCUT2D eigenvalue weighted by molar-refractivity contribution is 6.30. The lowest BCUT2D eigenvalue weighted by Gasteiger charge is -2.16. The van der Waals surface area contributed by atoms with Crippen molar-refractivity contribution in [2.75, 3.05) is 7.11 Å². The van der Waals surface area contributed by atoms with Gasteiger partial charge in [-0.3, -0.25) is 10.1 Å². The number of amides is 2. The molecule has 0 heterocycles. The zero-order chi connectivity index (χ0) is 14.4. The quantitative estimate of drug-likeness (QED) is 0.874. The molecule has 6 heteroatoms. The minimum atomic E-state index is -0.746. The molecule has 0 fully saturated rings. The predicted molar refractivity (Wildman–Crippen MR) is 71.8 cm³/mol. The van der Waals surface area contributed by atoms with E-state index in [2.05, 4.69) is 10.1 Å². The number of quaternary nitrogens is 1. The number of imide groups is 1. The molecule has 0 aromatic heterocycles. The number of halogens is 1. The number of hydrogen-bond acceptors (Lipinski definition) is 3. The van der Waals surface area contributed by atoms with E-state index in [0.29, 0.717) is 5.02 Å². The Morgan fingerprint density at radius 3 is 2.37 bits per heavy atom. The summed E-state index contributed by atoms with van der Waals surface area (Å²) in [5, 5.41) is 4.68. The maximum Gasteiger partial charge on any atom is 0.413 e. The molecule has 0 aliphatic rings. The van der Waals surface area contributed by atoms with Crippen LogP contribution in [0.4, 0.5) is 4.79 Å². The number of ether oxygens (including phenoxy) is 1. The first kappa shape index (κ1) is 15.5. The van der Waals surface area contributed by atoms with Gasteiger partial charge in [-0.25, -0.2) is 4.79 Å². The van der Waals surface area contributed by atoms with Gasteiger partial charge < -0.3 is 10.1 Å². The lowest BCUT2D eigenvalue weighted by atomic mass is 10.1. The van der Waals surface area contributed by atoms with Crippen molar-refractivity contribution in [3.63, 3.8) is 0 Å². The van der Waals surface area contributed by atoms with Gasteiger partial charge in [-0.2, -0.15) is 0 Å². The number of carbonyl (C=O) groups excluding carboxylic acids is 2. The van der Waals surface area contributed by atoms with Crippen molar-refractivity contribution in [3.05, 3.63) is 34.9 Å². The van der Waals surface area contributed by atoms with Crippen LogP contribution < -0.4 is 10.6 Å². The molecule has 0 spiro atoms. The summed E-state index contributed by atoms with van der Waals surface area (Å²) < 4.78 is 4.37. The highest BCUT2D eigenvalue weighted by Gasteiger charge is 2.22. The molecule has 19 heavy (non-hydrogen) atoms. The summed E-state index contributed by atoms with van der Waals surface area (Å²) in [6.45, 7) is 3.70. The van der Waals surface area contributed by atoms with Gasteiger partial charge in [-0.05, 0) is 26.0 Å². The van der Waals surface area contributed by atoms with E-state index in [-0.39, 0.29) is 11.9 Å². The van der Waals surface area contributed by atoms with Gasteiger partial charge in [-0.1, -0.05) is 23.7 Å². The number of benzene rings is 1. The molecule has 0 aliphatic carbocycles. The molecule has 2 amide bonds. The first-order valence-corrected chi connectivity index (χ1v) is 6.31. The average Bonchev–Trinajstić information content (AvgIpc) is 2.38. The average molecular weight is 286 g/mol. The highest BCUT2D eigenvalue weighted by atomic mass is 35.5. The van der Waals surface area contributed by atoms with Crippen LogP contribution in [0.2, 0.25) is 5.02 Å². The summed E-state index contributed by atoms with van der Waals surface area (Å²) in [7, 11) is 1.22. The molecule has 5 nitrogen and oxygen atoms in total. The van der Waals surface area contributed by atoms with E-state index in [0.717, 1.165) is 5.56 Å². The summed E-state index contributed by atoms with van der Waals surface area (Å²) in [5.74, 6) is -0.382. The molecule has 0 saturated carbocycles. The van der Waals surface area contributed by atoms with Crippen LogP contribution in [0.25, 0.3) is 0 Å². The standard InChI is InChI=1S/C13H17ClN2O3/c1-8(10-4-6-11(14)7-5-10)15-9(2)12(17)16-13(18)19-3/h4-9,15H,1-3H3,(H,16,17,18)/p+1/t8-,9+/m0/s1. The second-order valence-electron chi connectivity index (χ2n) is 4.30. The predicted octanol–water partition coefficient (Wildman–Crippen LogP) is 1.24. The van der Waals surface area contributed by atoms with Gasteiger partial charge >= 0.3 is 6.09 Å². The molecule has 0 saturated heterocycles.